The molecule has 0 saturated carbocycles. The van der Waals surface area contributed by atoms with Gasteiger partial charge in [-0.3, -0.25) is 9.36 Å². The van der Waals surface area contributed by atoms with Gasteiger partial charge in [0.1, 0.15) is 11.6 Å². The lowest BCUT2D eigenvalue weighted by atomic mass is 10.2. The first-order chi connectivity index (χ1) is 10.5. The Bertz CT molecular complexity index is 919. The molecule has 1 aromatic carbocycles. The predicted octanol–water partition coefficient (Wildman–Crippen LogP) is 2.59. The monoisotopic (exact) mass is 324 g/mol. The lowest BCUT2D eigenvalue weighted by molar-refractivity contribution is 0.578. The molecular formula is C14H11ClF2N4O. The minimum atomic E-state index is -0.545. The van der Waals surface area contributed by atoms with Crippen LogP contribution < -0.4 is 5.56 Å². The molecule has 0 amide bonds. The van der Waals surface area contributed by atoms with E-state index in [4.69, 9.17) is 11.6 Å². The van der Waals surface area contributed by atoms with Gasteiger partial charge < -0.3 is 4.57 Å². The first-order valence-corrected chi connectivity index (χ1v) is 6.94. The Morgan fingerprint density at radius 3 is 2.82 bits per heavy atom. The van der Waals surface area contributed by atoms with Crippen LogP contribution in [0.2, 0.25) is 5.28 Å². The van der Waals surface area contributed by atoms with Gasteiger partial charge >= 0.3 is 0 Å². The molecule has 8 heteroatoms. The van der Waals surface area contributed by atoms with E-state index in [2.05, 4.69) is 9.97 Å². The van der Waals surface area contributed by atoms with Gasteiger partial charge in [-0.05, 0) is 36.7 Å². The molecule has 0 unspecified atom stereocenters. The Balaban J connectivity index is 2.13. The van der Waals surface area contributed by atoms with Gasteiger partial charge in [0, 0.05) is 12.1 Å². The molecule has 2 aromatic heterocycles. The number of imidazole rings is 1. The predicted molar refractivity (Wildman–Crippen MR) is 77.9 cm³/mol. The first-order valence-electron chi connectivity index (χ1n) is 6.56. The van der Waals surface area contributed by atoms with E-state index in [1.54, 1.807) is 6.92 Å². The largest absolute Gasteiger partial charge is 0.310 e. The van der Waals surface area contributed by atoms with Crippen LogP contribution in [0.3, 0.4) is 0 Å². The van der Waals surface area contributed by atoms with Crippen molar-refractivity contribution in [2.75, 3.05) is 0 Å². The van der Waals surface area contributed by atoms with Gasteiger partial charge in [0.25, 0.3) is 5.56 Å². The van der Waals surface area contributed by atoms with Crippen molar-refractivity contribution in [2.45, 2.75) is 20.0 Å². The molecule has 2 heterocycles. The van der Waals surface area contributed by atoms with Crippen LogP contribution in [0.1, 0.15) is 12.5 Å². The number of benzene rings is 1. The summed E-state index contributed by atoms with van der Waals surface area (Å²) in [5.41, 5.74) is 0.152. The summed E-state index contributed by atoms with van der Waals surface area (Å²) in [6.07, 6.45) is 1.36. The quantitative estimate of drug-likeness (QED) is 0.696. The first kappa shape index (κ1) is 14.6. The smallest absolute Gasteiger partial charge is 0.282 e. The van der Waals surface area contributed by atoms with Crippen molar-refractivity contribution in [1.29, 1.82) is 0 Å². The molecule has 0 saturated heterocycles. The third-order valence-electron chi connectivity index (χ3n) is 3.34. The topological polar surface area (TPSA) is 52.7 Å². The number of fused-ring (bicyclic) bond motifs is 1. The fourth-order valence-corrected chi connectivity index (χ4v) is 2.52. The lowest BCUT2D eigenvalue weighted by Gasteiger charge is -2.07. The van der Waals surface area contributed by atoms with Gasteiger partial charge in [-0.25, -0.2) is 13.8 Å². The average Bonchev–Trinajstić information content (AvgIpc) is 2.86. The fourth-order valence-electron chi connectivity index (χ4n) is 2.24. The summed E-state index contributed by atoms with van der Waals surface area (Å²) >= 11 is 5.97. The molecule has 0 aliphatic heterocycles. The van der Waals surface area contributed by atoms with Crippen molar-refractivity contribution < 1.29 is 8.78 Å². The molecule has 0 fully saturated rings. The van der Waals surface area contributed by atoms with Crippen molar-refractivity contribution in [3.05, 3.63) is 57.4 Å². The molecule has 3 rings (SSSR count). The van der Waals surface area contributed by atoms with Gasteiger partial charge in [-0.2, -0.15) is 4.98 Å². The highest BCUT2D eigenvalue weighted by Crippen LogP contribution is 2.15. The molecule has 0 atom stereocenters. The molecule has 0 bridgehead atoms. The summed E-state index contributed by atoms with van der Waals surface area (Å²) in [5, 5.41) is 0.0291. The van der Waals surface area contributed by atoms with Gasteiger partial charge in [0.15, 0.2) is 11.2 Å². The Labute approximate surface area is 128 Å². The molecular weight excluding hydrogens is 314 g/mol. The van der Waals surface area contributed by atoms with Crippen LogP contribution >= 0.6 is 11.6 Å². The van der Waals surface area contributed by atoms with Gasteiger partial charge in [-0.1, -0.05) is 0 Å². The number of halogens is 3. The second-order valence-corrected chi connectivity index (χ2v) is 5.05. The number of hydrogen-bond acceptors (Lipinski definition) is 3. The molecule has 5 nitrogen and oxygen atoms in total. The zero-order chi connectivity index (χ0) is 15.9. The Hall–Kier alpha value is -2.28. The molecule has 0 aliphatic rings. The number of hydrogen-bond donors (Lipinski definition) is 0. The second kappa shape index (κ2) is 5.49. The summed E-state index contributed by atoms with van der Waals surface area (Å²) in [7, 11) is 0. The highest BCUT2D eigenvalue weighted by atomic mass is 35.5. The highest BCUT2D eigenvalue weighted by molar-refractivity contribution is 6.28. The summed E-state index contributed by atoms with van der Waals surface area (Å²) in [6, 6.07) is 3.18. The Morgan fingerprint density at radius 2 is 2.09 bits per heavy atom. The maximum absolute atomic E-state index is 13.7. The summed E-state index contributed by atoms with van der Waals surface area (Å²) in [5.74, 6) is -1.09. The SMILES string of the molecule is CCn1c(Cl)nc2c(ncn2Cc2cc(F)ccc2F)c1=O. The fraction of sp³-hybridized carbons (Fsp3) is 0.214. The van der Waals surface area contributed by atoms with E-state index in [9.17, 15) is 13.6 Å². The summed E-state index contributed by atoms with van der Waals surface area (Å²) in [6.45, 7) is 2.13. The maximum Gasteiger partial charge on any atom is 0.282 e. The minimum Gasteiger partial charge on any atom is -0.310 e. The molecule has 0 aliphatic carbocycles. The van der Waals surface area contributed by atoms with Gasteiger partial charge in [0.05, 0.1) is 12.9 Å². The van der Waals surface area contributed by atoms with Crippen LogP contribution in [0.25, 0.3) is 11.2 Å². The number of nitrogens with zero attached hydrogens (tertiary/aromatic N) is 4. The van der Waals surface area contributed by atoms with Crippen molar-refractivity contribution in [3.63, 3.8) is 0 Å². The standard InChI is InChI=1S/C14H11ClF2N4O/c1-2-21-13(22)11-12(19-14(21)15)20(7-18-11)6-8-5-9(16)3-4-10(8)17/h3-5,7H,2,6H2,1H3. The molecule has 22 heavy (non-hydrogen) atoms. The average molecular weight is 325 g/mol. The third kappa shape index (κ3) is 2.37. The van der Waals surface area contributed by atoms with Gasteiger partial charge in [0.2, 0.25) is 5.28 Å². The molecule has 0 spiro atoms. The van der Waals surface area contributed by atoms with Crippen molar-refractivity contribution in [3.8, 4) is 0 Å². The van der Waals surface area contributed by atoms with Crippen LogP contribution in [0.4, 0.5) is 8.78 Å². The lowest BCUT2D eigenvalue weighted by Crippen LogP contribution is -2.21. The third-order valence-corrected chi connectivity index (χ3v) is 3.63. The van der Waals surface area contributed by atoms with Crippen molar-refractivity contribution >= 4 is 22.8 Å². The van der Waals surface area contributed by atoms with E-state index in [1.165, 1.54) is 15.5 Å². The van der Waals surface area contributed by atoms with Gasteiger partial charge in [-0.15, -0.1) is 0 Å². The minimum absolute atomic E-state index is 0.000992. The summed E-state index contributed by atoms with van der Waals surface area (Å²) < 4.78 is 29.7. The number of aromatic nitrogens is 4. The van der Waals surface area contributed by atoms with E-state index in [0.717, 1.165) is 18.2 Å². The molecule has 3 aromatic rings. The highest BCUT2D eigenvalue weighted by Gasteiger charge is 2.14. The Kier molecular flexibility index (Phi) is 3.66. The van der Waals surface area contributed by atoms with Crippen LogP contribution in [0.5, 0.6) is 0 Å². The van der Waals surface area contributed by atoms with Crippen molar-refractivity contribution in [1.82, 2.24) is 19.1 Å². The van der Waals surface area contributed by atoms with Crippen LogP contribution in [0, 0.1) is 11.6 Å². The number of rotatable bonds is 3. The summed E-state index contributed by atoms with van der Waals surface area (Å²) in [4.78, 5) is 20.3. The zero-order valence-corrected chi connectivity index (χ0v) is 12.3. The zero-order valence-electron chi connectivity index (χ0n) is 11.6. The van der Waals surface area contributed by atoms with Crippen molar-refractivity contribution in [2.24, 2.45) is 0 Å². The second-order valence-electron chi connectivity index (χ2n) is 4.71. The van der Waals surface area contributed by atoms with Crippen LogP contribution in [0.15, 0.2) is 29.3 Å². The van der Waals surface area contributed by atoms with Crippen LogP contribution in [-0.4, -0.2) is 19.1 Å². The van der Waals surface area contributed by atoms with E-state index in [-0.39, 0.29) is 34.1 Å². The van der Waals surface area contributed by atoms with Crippen LogP contribution in [-0.2, 0) is 13.1 Å². The molecule has 0 N–H and O–H groups in total. The molecule has 114 valence electrons. The van der Waals surface area contributed by atoms with E-state index in [0.29, 0.717) is 6.54 Å². The molecule has 0 radical (unpaired) electrons. The van der Waals surface area contributed by atoms with E-state index < -0.39 is 11.6 Å². The normalized spacial score (nSPS) is 11.3. The maximum atomic E-state index is 13.7. The van der Waals surface area contributed by atoms with E-state index >= 15 is 0 Å². The Morgan fingerprint density at radius 1 is 1.32 bits per heavy atom. The van der Waals surface area contributed by atoms with E-state index in [1.807, 2.05) is 0 Å².